The van der Waals surface area contributed by atoms with E-state index in [0.717, 1.165) is 6.92 Å². The van der Waals surface area contributed by atoms with Crippen LogP contribution in [0.3, 0.4) is 0 Å². The van der Waals surface area contributed by atoms with Gasteiger partial charge in [0.2, 0.25) is 0 Å². The number of halogens is 7. The number of rotatable bonds is 1. The Hall–Kier alpha value is -0.700. The molecule has 10 heteroatoms. The normalized spacial score (nSPS) is 36.2. The van der Waals surface area contributed by atoms with E-state index in [2.05, 4.69) is 0 Å². The lowest BCUT2D eigenvalue weighted by atomic mass is 9.82. The summed E-state index contributed by atoms with van der Waals surface area (Å²) in [5.74, 6) is -2.64. The van der Waals surface area contributed by atoms with E-state index in [1.54, 1.807) is 0 Å². The van der Waals surface area contributed by atoms with Crippen molar-refractivity contribution in [2.24, 2.45) is 5.92 Å². The van der Waals surface area contributed by atoms with Gasteiger partial charge in [0.25, 0.3) is 5.54 Å². The Kier molecular flexibility index (Phi) is 3.45. The standard InChI is InChI=1S/C10H10ClF6NO2/c1-3(19)20-5-2-4-6(11)7(5)18-8(4,9(12,13)14)10(15,16)17/h4-7,18H,2H2,1H3/p+1/t4-,5-,6-,7+/m0/s1. The van der Waals surface area contributed by atoms with Crippen LogP contribution in [0.2, 0.25) is 0 Å². The van der Waals surface area contributed by atoms with Crippen LogP contribution in [0.15, 0.2) is 0 Å². The Balaban J connectivity index is 2.37. The van der Waals surface area contributed by atoms with E-state index in [1.807, 2.05) is 0 Å². The number of fused-ring (bicyclic) bond motifs is 2. The third-order valence-electron chi connectivity index (χ3n) is 3.96. The number of piperidine rings is 1. The van der Waals surface area contributed by atoms with Gasteiger partial charge in [-0.15, -0.1) is 11.6 Å². The van der Waals surface area contributed by atoms with Crippen LogP contribution in [0.1, 0.15) is 13.3 Å². The van der Waals surface area contributed by atoms with Crippen LogP contribution in [-0.4, -0.2) is 41.4 Å². The maximum Gasteiger partial charge on any atom is 0.454 e. The van der Waals surface area contributed by atoms with E-state index in [0.29, 0.717) is 0 Å². The van der Waals surface area contributed by atoms with E-state index in [-0.39, 0.29) is 5.32 Å². The molecule has 2 N–H and O–H groups in total. The highest BCUT2D eigenvalue weighted by atomic mass is 35.5. The van der Waals surface area contributed by atoms with Gasteiger partial charge in [-0.1, -0.05) is 0 Å². The molecule has 1 saturated carbocycles. The largest absolute Gasteiger partial charge is 0.456 e. The fourth-order valence-corrected chi connectivity index (χ4v) is 3.72. The highest BCUT2D eigenvalue weighted by Gasteiger charge is 2.86. The molecular weight excluding hydrogens is 316 g/mol. The van der Waals surface area contributed by atoms with Gasteiger partial charge in [0.15, 0.2) is 6.10 Å². The number of hydrogen-bond donors (Lipinski definition) is 1. The lowest BCUT2D eigenvalue weighted by Crippen LogP contribution is -3.07. The highest BCUT2D eigenvalue weighted by molar-refractivity contribution is 6.21. The summed E-state index contributed by atoms with van der Waals surface area (Å²) in [6.45, 7) is 1.04. The first-order chi connectivity index (χ1) is 8.92. The van der Waals surface area contributed by atoms with Gasteiger partial charge < -0.3 is 10.1 Å². The molecule has 0 aromatic heterocycles. The van der Waals surface area contributed by atoms with E-state index in [1.165, 1.54) is 0 Å². The number of quaternary nitrogens is 1. The summed E-state index contributed by atoms with van der Waals surface area (Å²) < 4.78 is 82.8. The molecule has 1 aliphatic heterocycles. The number of nitrogens with two attached hydrogens (primary N) is 1. The van der Waals surface area contributed by atoms with Crippen LogP contribution < -0.4 is 5.32 Å². The Labute approximate surface area is 114 Å². The van der Waals surface area contributed by atoms with Crippen molar-refractivity contribution in [2.75, 3.05) is 0 Å². The zero-order valence-corrected chi connectivity index (χ0v) is 10.8. The molecule has 0 radical (unpaired) electrons. The number of ether oxygens (including phenoxy) is 1. The first kappa shape index (κ1) is 15.7. The summed E-state index contributed by atoms with van der Waals surface area (Å²) in [5, 5.41) is -1.19. The molecule has 2 aliphatic rings. The van der Waals surface area contributed by atoms with Crippen LogP contribution in [0.25, 0.3) is 0 Å². The van der Waals surface area contributed by atoms with Crippen molar-refractivity contribution < 1.29 is 41.2 Å². The maximum atomic E-state index is 13.0. The predicted octanol–water partition coefficient (Wildman–Crippen LogP) is 1.35. The molecule has 4 atom stereocenters. The second-order valence-electron chi connectivity index (χ2n) is 5.04. The van der Waals surface area contributed by atoms with Crippen LogP contribution >= 0.6 is 11.6 Å². The molecule has 1 aliphatic carbocycles. The van der Waals surface area contributed by atoms with E-state index in [4.69, 9.17) is 16.3 Å². The number of esters is 1. The number of carbonyl (C=O) groups is 1. The summed E-state index contributed by atoms with van der Waals surface area (Å²) in [4.78, 5) is 10.8. The van der Waals surface area contributed by atoms with Gasteiger partial charge in [0, 0.05) is 13.3 Å². The number of alkyl halides is 7. The summed E-state index contributed by atoms with van der Waals surface area (Å²) in [6, 6.07) is -1.26. The van der Waals surface area contributed by atoms with E-state index in [9.17, 15) is 31.1 Å². The molecule has 2 fully saturated rings. The molecular formula is C10H11ClF6NO2+. The fraction of sp³-hybridized carbons (Fsp3) is 0.900. The van der Waals surface area contributed by atoms with Crippen LogP contribution in [0, 0.1) is 5.92 Å². The van der Waals surface area contributed by atoms with Gasteiger partial charge in [-0.25, -0.2) is 0 Å². The minimum Gasteiger partial charge on any atom is -0.456 e. The molecule has 1 saturated heterocycles. The smallest absolute Gasteiger partial charge is 0.454 e. The maximum absolute atomic E-state index is 13.0. The van der Waals surface area contributed by atoms with Crippen molar-refractivity contribution in [3.63, 3.8) is 0 Å². The van der Waals surface area contributed by atoms with Crippen molar-refractivity contribution >= 4 is 17.6 Å². The third kappa shape index (κ3) is 1.97. The minimum absolute atomic E-state index is 0.173. The van der Waals surface area contributed by atoms with Crippen molar-refractivity contribution in [3.05, 3.63) is 0 Å². The molecule has 0 amide bonds. The van der Waals surface area contributed by atoms with Gasteiger partial charge in [-0.05, 0) is 0 Å². The summed E-state index contributed by atoms with van der Waals surface area (Å²) in [5.41, 5.74) is -3.92. The molecule has 0 spiro atoms. The van der Waals surface area contributed by atoms with E-state index < -0.39 is 53.7 Å². The van der Waals surface area contributed by atoms with Crippen molar-refractivity contribution in [3.8, 4) is 0 Å². The molecule has 116 valence electrons. The average molecular weight is 327 g/mol. The summed E-state index contributed by atoms with van der Waals surface area (Å²) >= 11 is 5.73. The lowest BCUT2D eigenvalue weighted by Gasteiger charge is -2.38. The first-order valence-corrected chi connectivity index (χ1v) is 6.16. The molecule has 20 heavy (non-hydrogen) atoms. The third-order valence-corrected chi connectivity index (χ3v) is 4.56. The zero-order chi connectivity index (χ0) is 15.5. The van der Waals surface area contributed by atoms with Crippen LogP contribution in [-0.2, 0) is 9.53 Å². The van der Waals surface area contributed by atoms with Gasteiger partial charge in [-0.3, -0.25) is 4.79 Å². The minimum atomic E-state index is -5.49. The fourth-order valence-electron chi connectivity index (χ4n) is 3.18. The van der Waals surface area contributed by atoms with Crippen molar-refractivity contribution in [2.45, 2.75) is 48.8 Å². The highest BCUT2D eigenvalue weighted by Crippen LogP contribution is 2.54. The summed E-state index contributed by atoms with van der Waals surface area (Å²) in [7, 11) is 0. The van der Waals surface area contributed by atoms with Gasteiger partial charge in [-0.2, -0.15) is 26.3 Å². The second-order valence-corrected chi connectivity index (χ2v) is 5.55. The molecule has 1 heterocycles. The zero-order valence-electron chi connectivity index (χ0n) is 10.1. The monoisotopic (exact) mass is 326 g/mol. The quantitative estimate of drug-likeness (QED) is 0.449. The molecule has 0 unspecified atom stereocenters. The predicted molar refractivity (Wildman–Crippen MR) is 53.9 cm³/mol. The topological polar surface area (TPSA) is 42.9 Å². The van der Waals surface area contributed by atoms with Crippen LogP contribution in [0.4, 0.5) is 26.3 Å². The Bertz CT molecular complexity index is 409. The Morgan fingerprint density at radius 2 is 1.75 bits per heavy atom. The first-order valence-electron chi connectivity index (χ1n) is 5.72. The average Bonchev–Trinajstić information content (AvgIpc) is 2.66. The molecule has 3 nitrogen and oxygen atoms in total. The summed E-state index contributed by atoms with van der Waals surface area (Å²) in [6.07, 6.45) is -12.6. The van der Waals surface area contributed by atoms with Crippen molar-refractivity contribution in [1.82, 2.24) is 0 Å². The second kappa shape index (κ2) is 4.40. The Morgan fingerprint density at radius 1 is 1.25 bits per heavy atom. The SMILES string of the molecule is CC(=O)O[C@H]1C[C@H]2[C@H](Cl)[C@@H]1[NH2+]C2(C(F)(F)F)C(F)(F)F. The molecule has 2 bridgehead atoms. The van der Waals surface area contributed by atoms with Gasteiger partial charge in [0.1, 0.15) is 6.04 Å². The molecule has 0 aromatic rings. The van der Waals surface area contributed by atoms with Crippen molar-refractivity contribution in [1.29, 1.82) is 0 Å². The van der Waals surface area contributed by atoms with Gasteiger partial charge in [0.05, 0.1) is 11.3 Å². The number of hydrogen-bond acceptors (Lipinski definition) is 2. The lowest BCUT2D eigenvalue weighted by molar-refractivity contribution is -0.799. The van der Waals surface area contributed by atoms with Crippen LogP contribution in [0.5, 0.6) is 0 Å². The molecule has 0 aromatic carbocycles. The van der Waals surface area contributed by atoms with E-state index >= 15 is 0 Å². The number of carbonyl (C=O) groups excluding carboxylic acids is 1. The van der Waals surface area contributed by atoms with Gasteiger partial charge >= 0.3 is 18.3 Å². The molecule has 2 rings (SSSR count). The Morgan fingerprint density at radius 3 is 2.05 bits per heavy atom.